The molecule has 1 rings (SSSR count). The quantitative estimate of drug-likeness (QED) is 0.897. The number of carbonyl (C=O) groups is 2. The van der Waals surface area contributed by atoms with Gasteiger partial charge in [-0.05, 0) is 13.0 Å². The molecule has 1 aromatic rings. The molecular weight excluding hydrogens is 246 g/mol. The zero-order valence-electron chi connectivity index (χ0n) is 8.89. The lowest BCUT2D eigenvalue weighted by Crippen LogP contribution is -1.94. The van der Waals surface area contributed by atoms with E-state index >= 15 is 0 Å². The number of carboxylic acids is 1. The molecule has 0 aliphatic heterocycles. The predicted molar refractivity (Wildman–Crippen MR) is 66.0 cm³/mol. The van der Waals surface area contributed by atoms with Gasteiger partial charge in [-0.25, -0.2) is 9.78 Å². The number of carboxylic acid groups (broad SMARTS) is 1. The topological polar surface area (TPSA) is 67.3 Å². The number of thiazole rings is 1. The maximum absolute atomic E-state index is 10.8. The Morgan fingerprint density at radius 1 is 1.56 bits per heavy atom. The first-order valence-corrected chi connectivity index (χ1v) is 6.31. The van der Waals surface area contributed by atoms with Crippen LogP contribution in [-0.2, 0) is 4.79 Å². The number of hydrogen-bond acceptors (Lipinski definition) is 5. The summed E-state index contributed by atoms with van der Waals surface area (Å²) in [6.07, 6.45) is 3.54. The van der Waals surface area contributed by atoms with E-state index in [1.807, 2.05) is 0 Å². The first-order valence-electron chi connectivity index (χ1n) is 4.51. The number of nitrogens with zero attached hydrogens (tertiary/aromatic N) is 1. The Hall–Kier alpha value is -1.14. The van der Waals surface area contributed by atoms with Crippen molar-refractivity contribution in [3.05, 3.63) is 21.7 Å². The van der Waals surface area contributed by atoms with Crippen molar-refractivity contribution >= 4 is 40.3 Å². The summed E-state index contributed by atoms with van der Waals surface area (Å²) < 4.78 is 0. The maximum atomic E-state index is 10.8. The number of thioether (sulfide) groups is 1. The minimum atomic E-state index is -0.951. The van der Waals surface area contributed by atoms with Crippen LogP contribution in [-0.4, -0.2) is 26.9 Å². The van der Waals surface area contributed by atoms with E-state index in [0.29, 0.717) is 16.5 Å². The second kappa shape index (κ2) is 5.81. The summed E-state index contributed by atoms with van der Waals surface area (Å²) in [4.78, 5) is 25.8. The molecule has 0 aliphatic carbocycles. The van der Waals surface area contributed by atoms with Gasteiger partial charge in [-0.3, -0.25) is 4.79 Å². The Morgan fingerprint density at radius 2 is 2.25 bits per heavy atom. The molecule has 16 heavy (non-hydrogen) atoms. The Bertz CT molecular complexity index is 437. The van der Waals surface area contributed by atoms with Crippen LogP contribution in [0.2, 0.25) is 0 Å². The lowest BCUT2D eigenvalue weighted by molar-refractivity contribution is -0.109. The summed E-state index contributed by atoms with van der Waals surface area (Å²) in [5.74, 6) is -0.371. The third-order valence-electron chi connectivity index (χ3n) is 1.65. The van der Waals surface area contributed by atoms with E-state index in [-0.39, 0.29) is 9.99 Å². The molecule has 0 spiro atoms. The Labute approximate surface area is 101 Å². The molecule has 6 heteroatoms. The van der Waals surface area contributed by atoms with Gasteiger partial charge < -0.3 is 5.11 Å². The molecule has 0 fully saturated rings. The molecule has 0 saturated heterocycles. The minimum absolute atomic E-state index is 0.0613. The number of aryl methyl sites for hydroxylation is 1. The van der Waals surface area contributed by atoms with E-state index in [2.05, 4.69) is 4.98 Å². The first kappa shape index (κ1) is 12.9. The van der Waals surface area contributed by atoms with Gasteiger partial charge in [0.2, 0.25) is 0 Å². The molecule has 0 aromatic carbocycles. The third-order valence-corrected chi connectivity index (χ3v) is 3.53. The van der Waals surface area contributed by atoms with Gasteiger partial charge in [0.25, 0.3) is 0 Å². The Balaban J connectivity index is 2.64. The highest BCUT2D eigenvalue weighted by Crippen LogP contribution is 2.19. The summed E-state index contributed by atoms with van der Waals surface area (Å²) in [5.41, 5.74) is 0.524. The molecule has 4 nitrogen and oxygen atoms in total. The molecule has 0 radical (unpaired) electrons. The largest absolute Gasteiger partial charge is 0.477 e. The Morgan fingerprint density at radius 3 is 2.75 bits per heavy atom. The van der Waals surface area contributed by atoms with Crippen LogP contribution in [0.5, 0.6) is 0 Å². The van der Waals surface area contributed by atoms with Crippen LogP contribution < -0.4 is 0 Å². The molecule has 0 unspecified atom stereocenters. The van der Waals surface area contributed by atoms with Crippen LogP contribution in [0, 0.1) is 6.92 Å². The van der Waals surface area contributed by atoms with Gasteiger partial charge in [-0.2, -0.15) is 0 Å². The van der Waals surface area contributed by atoms with Gasteiger partial charge in [-0.15, -0.1) is 11.3 Å². The number of carbonyl (C=O) groups excluding carboxylic acids is 1. The fourth-order valence-corrected chi connectivity index (χ4v) is 2.27. The SMILES string of the molecule is CC(=O)SCC=Cc1nc(C)c(C(=O)O)s1. The zero-order valence-corrected chi connectivity index (χ0v) is 10.5. The molecule has 0 bridgehead atoms. The number of rotatable bonds is 4. The van der Waals surface area contributed by atoms with Crippen molar-refractivity contribution in [3.8, 4) is 0 Å². The fourth-order valence-electron chi connectivity index (χ4n) is 1.00. The second-order valence-corrected chi connectivity index (χ2v) is 5.20. The average molecular weight is 257 g/mol. The molecule has 0 saturated carbocycles. The van der Waals surface area contributed by atoms with Crippen LogP contribution in [0.1, 0.15) is 27.3 Å². The molecule has 1 aromatic heterocycles. The summed E-state index contributed by atoms with van der Waals surface area (Å²) in [6, 6.07) is 0. The standard InChI is InChI=1S/C10H11NO3S2/c1-6-9(10(13)14)16-8(11-6)4-3-5-15-7(2)12/h3-4H,5H2,1-2H3,(H,13,14). The summed E-state index contributed by atoms with van der Waals surface area (Å²) in [5, 5.41) is 9.53. The smallest absolute Gasteiger partial charge is 0.347 e. The lowest BCUT2D eigenvalue weighted by atomic mass is 10.4. The summed E-state index contributed by atoms with van der Waals surface area (Å²) >= 11 is 2.34. The van der Waals surface area contributed by atoms with E-state index in [1.165, 1.54) is 18.7 Å². The van der Waals surface area contributed by atoms with Gasteiger partial charge in [0.05, 0.1) is 5.69 Å². The molecule has 0 aliphatic rings. The van der Waals surface area contributed by atoms with Gasteiger partial charge >= 0.3 is 5.97 Å². The van der Waals surface area contributed by atoms with Gasteiger partial charge in [0, 0.05) is 12.7 Å². The molecule has 86 valence electrons. The molecule has 1 heterocycles. The Kier molecular flexibility index (Phi) is 4.70. The highest BCUT2D eigenvalue weighted by molar-refractivity contribution is 8.13. The van der Waals surface area contributed by atoms with Crippen molar-refractivity contribution in [2.24, 2.45) is 0 Å². The summed E-state index contributed by atoms with van der Waals surface area (Å²) in [6.45, 7) is 3.18. The van der Waals surface area contributed by atoms with Gasteiger partial charge in [-0.1, -0.05) is 17.8 Å². The van der Waals surface area contributed by atoms with E-state index < -0.39 is 5.97 Å². The molecule has 1 N–H and O–H groups in total. The van der Waals surface area contributed by atoms with Crippen molar-refractivity contribution in [1.29, 1.82) is 0 Å². The van der Waals surface area contributed by atoms with Gasteiger partial charge in [0.15, 0.2) is 5.12 Å². The van der Waals surface area contributed by atoms with E-state index in [0.717, 1.165) is 11.3 Å². The van der Waals surface area contributed by atoms with Crippen molar-refractivity contribution in [1.82, 2.24) is 4.98 Å². The zero-order chi connectivity index (χ0) is 12.1. The van der Waals surface area contributed by atoms with Crippen LogP contribution >= 0.6 is 23.1 Å². The summed E-state index contributed by atoms with van der Waals surface area (Å²) in [7, 11) is 0. The maximum Gasteiger partial charge on any atom is 0.347 e. The van der Waals surface area contributed by atoms with Crippen LogP contribution in [0.3, 0.4) is 0 Å². The van der Waals surface area contributed by atoms with Gasteiger partial charge in [0.1, 0.15) is 9.88 Å². The molecule has 0 amide bonds. The number of aromatic nitrogens is 1. The first-order chi connectivity index (χ1) is 7.50. The van der Waals surface area contributed by atoms with Crippen LogP contribution in [0.15, 0.2) is 6.08 Å². The highest BCUT2D eigenvalue weighted by Gasteiger charge is 2.11. The predicted octanol–water partition coefficient (Wildman–Crippen LogP) is 2.44. The normalized spacial score (nSPS) is 10.9. The van der Waals surface area contributed by atoms with E-state index in [1.54, 1.807) is 19.1 Å². The number of hydrogen-bond donors (Lipinski definition) is 1. The fraction of sp³-hybridized carbons (Fsp3) is 0.300. The van der Waals surface area contributed by atoms with Crippen molar-refractivity contribution in [2.75, 3.05) is 5.75 Å². The van der Waals surface area contributed by atoms with E-state index in [4.69, 9.17) is 5.11 Å². The lowest BCUT2D eigenvalue weighted by Gasteiger charge is -1.87. The van der Waals surface area contributed by atoms with Crippen molar-refractivity contribution < 1.29 is 14.7 Å². The van der Waals surface area contributed by atoms with Crippen molar-refractivity contribution in [3.63, 3.8) is 0 Å². The second-order valence-electron chi connectivity index (χ2n) is 2.98. The molecule has 0 atom stereocenters. The van der Waals surface area contributed by atoms with Crippen molar-refractivity contribution in [2.45, 2.75) is 13.8 Å². The monoisotopic (exact) mass is 257 g/mol. The third kappa shape index (κ3) is 3.79. The van der Waals surface area contributed by atoms with Crippen LogP contribution in [0.4, 0.5) is 0 Å². The average Bonchev–Trinajstić information content (AvgIpc) is 2.54. The minimum Gasteiger partial charge on any atom is -0.477 e. The highest BCUT2D eigenvalue weighted by atomic mass is 32.2. The van der Waals surface area contributed by atoms with E-state index in [9.17, 15) is 9.59 Å². The number of aromatic carboxylic acids is 1. The van der Waals surface area contributed by atoms with Crippen LogP contribution in [0.25, 0.3) is 6.08 Å². The molecular formula is C10H11NO3S2.